The third-order valence-electron chi connectivity index (χ3n) is 7.66. The van der Waals surface area contributed by atoms with Gasteiger partial charge in [0.2, 0.25) is 0 Å². The monoisotopic (exact) mass is 547 g/mol. The van der Waals surface area contributed by atoms with E-state index in [1.54, 1.807) is 11.3 Å². The quantitative estimate of drug-likeness (QED) is 0.220. The van der Waals surface area contributed by atoms with Gasteiger partial charge >= 0.3 is 0 Å². The molecule has 0 bridgehead atoms. The van der Waals surface area contributed by atoms with Crippen molar-refractivity contribution < 1.29 is 4.42 Å². The summed E-state index contributed by atoms with van der Waals surface area (Å²) >= 11 is 1.79. The largest absolute Gasteiger partial charge is 0.456 e. The average molecular weight is 548 g/mol. The van der Waals surface area contributed by atoms with E-state index in [9.17, 15) is 0 Å². The third kappa shape index (κ3) is 4.26. The Hall–Kier alpha value is -4.87. The van der Waals surface area contributed by atoms with Gasteiger partial charge in [-0.1, -0.05) is 97.9 Å². The van der Waals surface area contributed by atoms with E-state index in [4.69, 9.17) is 19.4 Å². The Morgan fingerprint density at radius 2 is 1.49 bits per heavy atom. The molecule has 1 aliphatic rings. The van der Waals surface area contributed by atoms with Crippen LogP contribution in [-0.2, 0) is 0 Å². The molecular weight excluding hydrogens is 522 g/mol. The molecule has 0 amide bonds. The topological polar surface area (TPSA) is 51.8 Å². The minimum atomic E-state index is 0.438. The van der Waals surface area contributed by atoms with E-state index in [1.165, 1.54) is 20.2 Å². The zero-order chi connectivity index (χ0) is 27.3. The van der Waals surface area contributed by atoms with Crippen molar-refractivity contribution in [3.8, 4) is 34.1 Å². The molecule has 0 N–H and O–H groups in total. The molecule has 196 valence electrons. The van der Waals surface area contributed by atoms with E-state index in [-0.39, 0.29) is 0 Å². The van der Waals surface area contributed by atoms with Gasteiger partial charge in [0, 0.05) is 47.8 Å². The number of furan rings is 1. The second-order valence-corrected chi connectivity index (χ2v) is 11.6. The van der Waals surface area contributed by atoms with Gasteiger partial charge in [-0.25, -0.2) is 15.0 Å². The number of hydrogen-bond acceptors (Lipinski definition) is 5. The van der Waals surface area contributed by atoms with Crippen LogP contribution in [0.1, 0.15) is 19.2 Å². The molecule has 3 aromatic heterocycles. The third-order valence-corrected chi connectivity index (χ3v) is 8.88. The first kappa shape index (κ1) is 24.0. The summed E-state index contributed by atoms with van der Waals surface area (Å²) in [6.45, 7) is 2.22. The molecule has 0 aliphatic heterocycles. The molecule has 8 rings (SSSR count). The van der Waals surface area contributed by atoms with Gasteiger partial charge in [-0.2, -0.15) is 0 Å². The van der Waals surface area contributed by atoms with E-state index in [0.717, 1.165) is 45.4 Å². The van der Waals surface area contributed by atoms with Crippen LogP contribution in [0.4, 0.5) is 0 Å². The number of rotatable bonds is 4. The summed E-state index contributed by atoms with van der Waals surface area (Å²) in [5.41, 5.74) is 4.90. The summed E-state index contributed by atoms with van der Waals surface area (Å²) in [6, 6.07) is 33.4. The van der Waals surface area contributed by atoms with E-state index in [0.29, 0.717) is 23.4 Å². The lowest BCUT2D eigenvalue weighted by atomic mass is 9.97. The van der Waals surface area contributed by atoms with Crippen LogP contribution in [0.5, 0.6) is 0 Å². The zero-order valence-electron chi connectivity index (χ0n) is 22.4. The van der Waals surface area contributed by atoms with Crippen LogP contribution in [0, 0.1) is 5.92 Å². The zero-order valence-corrected chi connectivity index (χ0v) is 23.2. The van der Waals surface area contributed by atoms with E-state index in [2.05, 4.69) is 104 Å². The van der Waals surface area contributed by atoms with Gasteiger partial charge < -0.3 is 4.42 Å². The molecule has 0 spiro atoms. The molecular formula is C36H25N3OS. The van der Waals surface area contributed by atoms with Crippen LogP contribution in [-0.4, -0.2) is 15.0 Å². The Balaban J connectivity index is 1.27. The number of para-hydroxylation sites is 1. The van der Waals surface area contributed by atoms with E-state index < -0.39 is 0 Å². The Kier molecular flexibility index (Phi) is 5.64. The predicted molar refractivity (Wildman–Crippen MR) is 170 cm³/mol. The fraction of sp³-hybridized carbons (Fsp3) is 0.0833. The molecule has 0 saturated carbocycles. The van der Waals surface area contributed by atoms with Crippen molar-refractivity contribution in [2.75, 3.05) is 0 Å². The molecule has 4 nitrogen and oxygen atoms in total. The highest BCUT2D eigenvalue weighted by Crippen LogP contribution is 2.39. The molecule has 1 aliphatic carbocycles. The first-order valence-electron chi connectivity index (χ1n) is 13.8. The Bertz CT molecular complexity index is 2120. The number of benzene rings is 4. The molecule has 0 radical (unpaired) electrons. The van der Waals surface area contributed by atoms with E-state index >= 15 is 0 Å². The smallest absolute Gasteiger partial charge is 0.165 e. The van der Waals surface area contributed by atoms with Gasteiger partial charge in [0.25, 0.3) is 0 Å². The van der Waals surface area contributed by atoms with Gasteiger partial charge in [0.15, 0.2) is 17.5 Å². The summed E-state index contributed by atoms with van der Waals surface area (Å²) in [5.74, 6) is 3.33. The van der Waals surface area contributed by atoms with Crippen LogP contribution in [0.25, 0.3) is 70.8 Å². The maximum absolute atomic E-state index is 6.10. The van der Waals surface area contributed by atoms with Crippen molar-refractivity contribution in [1.82, 2.24) is 15.0 Å². The SMILES string of the molecule is CC1C=C(c2nc(-c3ccc(-c4cc5ccccc5o4)cc3)nc(-c3cccc4c3sc3ccccc34)n2)C=CC1. The first-order chi connectivity index (χ1) is 20.2. The number of allylic oxidation sites excluding steroid dienone is 4. The lowest BCUT2D eigenvalue weighted by Crippen LogP contribution is -2.04. The average Bonchev–Trinajstić information content (AvgIpc) is 3.63. The van der Waals surface area contributed by atoms with Crippen molar-refractivity contribution in [1.29, 1.82) is 0 Å². The van der Waals surface area contributed by atoms with Crippen molar-refractivity contribution in [3.05, 3.63) is 121 Å². The lowest BCUT2D eigenvalue weighted by Gasteiger charge is -2.13. The first-order valence-corrected chi connectivity index (χ1v) is 14.7. The molecule has 41 heavy (non-hydrogen) atoms. The number of fused-ring (bicyclic) bond motifs is 4. The van der Waals surface area contributed by atoms with Gasteiger partial charge in [0.05, 0.1) is 0 Å². The number of aromatic nitrogens is 3. The molecule has 0 saturated heterocycles. The number of nitrogens with zero attached hydrogens (tertiary/aromatic N) is 3. The minimum absolute atomic E-state index is 0.438. The number of thiophene rings is 1. The van der Waals surface area contributed by atoms with E-state index in [1.807, 2.05) is 18.2 Å². The molecule has 5 heteroatoms. The molecule has 3 heterocycles. The van der Waals surface area contributed by atoms with Gasteiger partial charge in [-0.15, -0.1) is 11.3 Å². The van der Waals surface area contributed by atoms with Crippen molar-refractivity contribution >= 4 is 48.1 Å². The Labute approximate surface area is 241 Å². The van der Waals surface area contributed by atoms with Crippen LogP contribution < -0.4 is 0 Å². The molecule has 1 atom stereocenters. The summed E-state index contributed by atoms with van der Waals surface area (Å²) in [5, 5.41) is 3.58. The second kappa shape index (κ2) is 9.65. The summed E-state index contributed by atoms with van der Waals surface area (Å²) in [4.78, 5) is 15.1. The standard InChI is InChI=1S/C36H25N3OS/c1-22-8-6-10-26(20-22)35-37-34(24-18-16-23(17-19-24)31-21-25-9-2-4-14-30(25)40-31)38-36(39-35)29-13-7-12-28-27-11-3-5-15-32(27)41-33(28)29/h2-7,9-22H,8H2,1H3. The Morgan fingerprint density at radius 3 is 2.37 bits per heavy atom. The summed E-state index contributed by atoms with van der Waals surface area (Å²) in [7, 11) is 0. The van der Waals surface area contributed by atoms with Crippen molar-refractivity contribution in [2.45, 2.75) is 13.3 Å². The highest BCUT2D eigenvalue weighted by atomic mass is 32.1. The number of hydrogen-bond donors (Lipinski definition) is 0. The van der Waals surface area contributed by atoms with Gasteiger partial charge in [-0.3, -0.25) is 0 Å². The summed E-state index contributed by atoms with van der Waals surface area (Å²) < 4.78 is 8.55. The van der Waals surface area contributed by atoms with Crippen molar-refractivity contribution in [3.63, 3.8) is 0 Å². The van der Waals surface area contributed by atoms with Crippen LogP contribution >= 0.6 is 11.3 Å². The Morgan fingerprint density at radius 1 is 0.732 bits per heavy atom. The highest BCUT2D eigenvalue weighted by Gasteiger charge is 2.18. The van der Waals surface area contributed by atoms with Gasteiger partial charge in [0.1, 0.15) is 11.3 Å². The van der Waals surface area contributed by atoms with Crippen LogP contribution in [0.15, 0.2) is 120 Å². The maximum atomic E-state index is 6.10. The highest BCUT2D eigenvalue weighted by molar-refractivity contribution is 7.26. The van der Waals surface area contributed by atoms with Crippen LogP contribution in [0.2, 0.25) is 0 Å². The second-order valence-electron chi connectivity index (χ2n) is 10.5. The van der Waals surface area contributed by atoms with Gasteiger partial charge in [-0.05, 0) is 36.6 Å². The molecule has 4 aromatic carbocycles. The van der Waals surface area contributed by atoms with Crippen molar-refractivity contribution in [2.24, 2.45) is 5.92 Å². The lowest BCUT2D eigenvalue weighted by molar-refractivity contribution is 0.631. The maximum Gasteiger partial charge on any atom is 0.165 e. The fourth-order valence-electron chi connectivity index (χ4n) is 5.57. The molecule has 0 fully saturated rings. The normalized spacial score (nSPS) is 15.1. The van der Waals surface area contributed by atoms with Crippen LogP contribution in [0.3, 0.4) is 0 Å². The fourth-order valence-corrected chi connectivity index (χ4v) is 6.79. The minimum Gasteiger partial charge on any atom is -0.456 e. The predicted octanol–water partition coefficient (Wildman–Crippen LogP) is 9.97. The molecule has 1 unspecified atom stereocenters. The summed E-state index contributed by atoms with van der Waals surface area (Å²) in [6.07, 6.45) is 7.62. The molecule has 7 aromatic rings.